The summed E-state index contributed by atoms with van der Waals surface area (Å²) in [6.45, 7) is 9.36. The van der Waals surface area contributed by atoms with Gasteiger partial charge in [-0.05, 0) is 69.7 Å². The van der Waals surface area contributed by atoms with E-state index in [4.69, 9.17) is 10.7 Å². The van der Waals surface area contributed by atoms with Crippen LogP contribution < -0.4 is 10.6 Å². The summed E-state index contributed by atoms with van der Waals surface area (Å²) in [6, 6.07) is 3.07. The third-order valence-electron chi connectivity index (χ3n) is 8.80. The number of likely N-dealkylation sites (tertiary alicyclic amines) is 1. The number of benzene rings is 1. The van der Waals surface area contributed by atoms with E-state index >= 15 is 0 Å². The Bertz CT molecular complexity index is 1340. The van der Waals surface area contributed by atoms with Crippen molar-refractivity contribution >= 4 is 11.6 Å². The van der Waals surface area contributed by atoms with Crippen LogP contribution in [0.25, 0.3) is 11.3 Å². The van der Waals surface area contributed by atoms with E-state index < -0.39 is 17.6 Å². The fourth-order valence-corrected chi connectivity index (χ4v) is 6.32. The van der Waals surface area contributed by atoms with Gasteiger partial charge >= 0.3 is 6.18 Å². The number of hydrogen-bond donors (Lipinski definition) is 1. The number of nitrogen functional groups attached to an aromatic ring is 1. The summed E-state index contributed by atoms with van der Waals surface area (Å²) in [5, 5.41) is 0. The second-order valence-electron chi connectivity index (χ2n) is 11.3. The normalized spacial score (nSPS) is 18.6. The summed E-state index contributed by atoms with van der Waals surface area (Å²) in [7, 11) is 0. The predicted octanol–water partition coefficient (Wildman–Crippen LogP) is 6.85. The SMILES string of the molecule is CC.Nc1ncnc(N2CCC(c3nc(-c4ccc(C(F)(F)F)c(F)c4)cn3CCN3CCCC3)CC2)c1C1CCC1. The Balaban J connectivity index is 0.00000173. The molecule has 228 valence electrons. The molecule has 3 aliphatic rings. The molecular weight excluding hydrogens is 546 g/mol. The summed E-state index contributed by atoms with van der Waals surface area (Å²) in [5.74, 6) is 1.74. The van der Waals surface area contributed by atoms with E-state index in [1.807, 2.05) is 20.0 Å². The van der Waals surface area contributed by atoms with Crippen LogP contribution in [0.5, 0.6) is 0 Å². The minimum Gasteiger partial charge on any atom is -0.383 e. The van der Waals surface area contributed by atoms with Crippen LogP contribution in [0.2, 0.25) is 0 Å². The second-order valence-corrected chi connectivity index (χ2v) is 11.3. The summed E-state index contributed by atoms with van der Waals surface area (Å²) >= 11 is 0. The molecule has 4 heterocycles. The number of aromatic nitrogens is 4. The number of halogens is 4. The number of nitrogens with two attached hydrogens (primary N) is 1. The van der Waals surface area contributed by atoms with Crippen molar-refractivity contribution in [2.45, 2.75) is 83.4 Å². The lowest BCUT2D eigenvalue weighted by atomic mass is 9.80. The van der Waals surface area contributed by atoms with Crippen LogP contribution in [0.15, 0.2) is 30.7 Å². The fourth-order valence-electron chi connectivity index (χ4n) is 6.32. The van der Waals surface area contributed by atoms with E-state index in [-0.39, 0.29) is 5.92 Å². The number of piperidine rings is 1. The molecule has 0 radical (unpaired) electrons. The van der Waals surface area contributed by atoms with E-state index in [0.717, 1.165) is 94.3 Å². The molecule has 42 heavy (non-hydrogen) atoms. The summed E-state index contributed by atoms with van der Waals surface area (Å²) < 4.78 is 55.9. The minimum atomic E-state index is -4.73. The van der Waals surface area contributed by atoms with Crippen molar-refractivity contribution in [1.29, 1.82) is 0 Å². The van der Waals surface area contributed by atoms with Gasteiger partial charge in [0.1, 0.15) is 29.6 Å². The monoisotopic (exact) mass is 587 g/mol. The van der Waals surface area contributed by atoms with Crippen molar-refractivity contribution in [3.8, 4) is 11.3 Å². The smallest absolute Gasteiger partial charge is 0.383 e. The third kappa shape index (κ3) is 6.40. The molecule has 6 rings (SSSR count). The zero-order valence-electron chi connectivity index (χ0n) is 24.5. The number of rotatable bonds is 7. The lowest BCUT2D eigenvalue weighted by molar-refractivity contribution is -0.139. The van der Waals surface area contributed by atoms with Crippen LogP contribution >= 0.6 is 0 Å². The Morgan fingerprint density at radius 1 is 0.905 bits per heavy atom. The van der Waals surface area contributed by atoms with Gasteiger partial charge in [0, 0.05) is 49.4 Å². The van der Waals surface area contributed by atoms with Crippen molar-refractivity contribution in [2.24, 2.45) is 0 Å². The first kappa shape index (κ1) is 30.3. The van der Waals surface area contributed by atoms with E-state index in [0.29, 0.717) is 23.0 Å². The first-order valence-corrected chi connectivity index (χ1v) is 15.3. The average molecular weight is 588 g/mol. The number of imidazole rings is 1. The highest BCUT2D eigenvalue weighted by Gasteiger charge is 2.35. The third-order valence-corrected chi connectivity index (χ3v) is 8.80. The largest absolute Gasteiger partial charge is 0.419 e. The van der Waals surface area contributed by atoms with E-state index in [1.165, 1.54) is 25.3 Å². The van der Waals surface area contributed by atoms with Gasteiger partial charge in [-0.1, -0.05) is 26.3 Å². The van der Waals surface area contributed by atoms with Crippen LogP contribution in [0.1, 0.15) is 87.6 Å². The van der Waals surface area contributed by atoms with Crippen LogP contribution in [0.3, 0.4) is 0 Å². The molecule has 2 aliphatic heterocycles. The summed E-state index contributed by atoms with van der Waals surface area (Å²) in [6.07, 6.45) is 6.22. The van der Waals surface area contributed by atoms with Gasteiger partial charge in [0.05, 0.1) is 11.3 Å². The molecule has 3 fully saturated rings. The molecule has 0 amide bonds. The average Bonchev–Trinajstić information content (AvgIpc) is 3.63. The lowest BCUT2D eigenvalue weighted by Gasteiger charge is -2.36. The number of alkyl halides is 3. The number of anilines is 2. The highest BCUT2D eigenvalue weighted by Crippen LogP contribution is 2.43. The van der Waals surface area contributed by atoms with E-state index in [1.54, 1.807) is 6.33 Å². The summed E-state index contributed by atoms with van der Waals surface area (Å²) in [5.41, 5.74) is 6.95. The highest BCUT2D eigenvalue weighted by atomic mass is 19.4. The van der Waals surface area contributed by atoms with Gasteiger partial charge in [-0.15, -0.1) is 0 Å². The minimum absolute atomic E-state index is 0.175. The van der Waals surface area contributed by atoms with Gasteiger partial charge in [0.15, 0.2) is 0 Å². The maximum absolute atomic E-state index is 14.4. The standard InChI is InChI=1S/C29H35F4N7.C2H6/c30-23-16-21(6-7-22(23)29(31,32)33)24-17-40(15-14-38-10-1-2-11-38)27(37-24)20-8-12-39(13-9-20)28-25(19-4-3-5-19)26(34)35-18-36-28;1-2/h6-7,16-20H,1-5,8-15H2,(H2,34,35,36);1-2H3. The second kappa shape index (κ2) is 13.0. The molecule has 0 atom stereocenters. The molecule has 1 aliphatic carbocycles. The first-order chi connectivity index (χ1) is 20.3. The van der Waals surface area contributed by atoms with Crippen molar-refractivity contribution < 1.29 is 17.6 Å². The molecular formula is C31H41F4N7. The predicted molar refractivity (Wildman–Crippen MR) is 157 cm³/mol. The molecule has 0 bridgehead atoms. The molecule has 7 nitrogen and oxygen atoms in total. The Morgan fingerprint density at radius 3 is 2.24 bits per heavy atom. The zero-order chi connectivity index (χ0) is 29.9. The van der Waals surface area contributed by atoms with Gasteiger partial charge in [0.2, 0.25) is 0 Å². The molecule has 11 heteroatoms. The van der Waals surface area contributed by atoms with Crippen molar-refractivity contribution in [2.75, 3.05) is 43.4 Å². The van der Waals surface area contributed by atoms with Gasteiger partial charge in [-0.2, -0.15) is 13.2 Å². The Hall–Kier alpha value is -3.21. The zero-order valence-corrected chi connectivity index (χ0v) is 24.5. The molecule has 0 spiro atoms. The van der Waals surface area contributed by atoms with Crippen molar-refractivity contribution in [3.63, 3.8) is 0 Å². The molecule has 1 saturated carbocycles. The molecule has 2 N–H and O–H groups in total. The summed E-state index contributed by atoms with van der Waals surface area (Å²) in [4.78, 5) is 18.5. The van der Waals surface area contributed by atoms with Gasteiger partial charge in [-0.3, -0.25) is 0 Å². The van der Waals surface area contributed by atoms with Gasteiger partial charge in [0.25, 0.3) is 0 Å². The Morgan fingerprint density at radius 2 is 1.62 bits per heavy atom. The van der Waals surface area contributed by atoms with Gasteiger partial charge in [-0.25, -0.2) is 19.3 Å². The Labute approximate surface area is 245 Å². The fraction of sp³-hybridized carbons (Fsp3) is 0.581. The maximum atomic E-state index is 14.4. The first-order valence-electron chi connectivity index (χ1n) is 15.3. The van der Waals surface area contributed by atoms with E-state index in [9.17, 15) is 17.6 Å². The molecule has 2 aromatic heterocycles. The van der Waals surface area contributed by atoms with Crippen molar-refractivity contribution in [3.05, 3.63) is 53.5 Å². The van der Waals surface area contributed by atoms with Crippen LogP contribution in [0.4, 0.5) is 29.2 Å². The topological polar surface area (TPSA) is 76.1 Å². The van der Waals surface area contributed by atoms with E-state index in [2.05, 4.69) is 24.3 Å². The number of hydrogen-bond acceptors (Lipinski definition) is 6. The lowest BCUT2D eigenvalue weighted by Crippen LogP contribution is -2.36. The van der Waals surface area contributed by atoms with Gasteiger partial charge < -0.3 is 20.1 Å². The van der Waals surface area contributed by atoms with Crippen LogP contribution in [-0.2, 0) is 12.7 Å². The Kier molecular flexibility index (Phi) is 9.35. The van der Waals surface area contributed by atoms with Crippen LogP contribution in [-0.4, -0.2) is 57.1 Å². The van der Waals surface area contributed by atoms with Crippen LogP contribution in [0, 0.1) is 5.82 Å². The number of nitrogens with zero attached hydrogens (tertiary/aromatic N) is 6. The molecule has 3 aromatic rings. The highest BCUT2D eigenvalue weighted by molar-refractivity contribution is 5.61. The maximum Gasteiger partial charge on any atom is 0.419 e. The molecule has 0 unspecified atom stereocenters. The molecule has 1 aromatic carbocycles. The quantitative estimate of drug-likeness (QED) is 0.305. The molecule has 2 saturated heterocycles. The van der Waals surface area contributed by atoms with Crippen molar-refractivity contribution in [1.82, 2.24) is 24.4 Å².